The Morgan fingerprint density at radius 3 is 2.21 bits per heavy atom. The van der Waals surface area contributed by atoms with Crippen molar-refractivity contribution in [2.75, 3.05) is 23.7 Å². The molecule has 0 unspecified atom stereocenters. The Morgan fingerprint density at radius 2 is 1.67 bits per heavy atom. The molecule has 2 aromatic carbocycles. The van der Waals surface area contributed by atoms with Gasteiger partial charge < -0.3 is 10.2 Å². The van der Waals surface area contributed by atoms with E-state index in [0.29, 0.717) is 18.0 Å². The molecule has 0 saturated carbocycles. The number of carbonyl (C=O) groups is 2. The van der Waals surface area contributed by atoms with Crippen LogP contribution in [-0.2, 0) is 26.2 Å². The van der Waals surface area contributed by atoms with Crippen molar-refractivity contribution in [1.29, 1.82) is 0 Å². The van der Waals surface area contributed by atoms with Gasteiger partial charge in [-0.1, -0.05) is 61.3 Å². The van der Waals surface area contributed by atoms with Crippen LogP contribution in [0, 0.1) is 0 Å². The third-order valence-corrected chi connectivity index (χ3v) is 6.70. The van der Waals surface area contributed by atoms with Gasteiger partial charge in [0.2, 0.25) is 21.8 Å². The number of anilines is 1. The van der Waals surface area contributed by atoms with Crippen molar-refractivity contribution in [2.24, 2.45) is 0 Å². The maximum Gasteiger partial charge on any atom is 0.244 e. The number of rotatable bonds is 11. The molecule has 180 valence electrons. The Bertz CT molecular complexity index is 1060. The van der Waals surface area contributed by atoms with Crippen LogP contribution in [0.15, 0.2) is 48.5 Å². The second-order valence-electron chi connectivity index (χ2n) is 7.58. The van der Waals surface area contributed by atoms with Crippen molar-refractivity contribution in [3.63, 3.8) is 0 Å². The highest BCUT2D eigenvalue weighted by molar-refractivity contribution is 7.92. The molecule has 2 amide bonds. The van der Waals surface area contributed by atoms with Gasteiger partial charge in [0.15, 0.2) is 0 Å². The van der Waals surface area contributed by atoms with E-state index < -0.39 is 28.5 Å². The van der Waals surface area contributed by atoms with Gasteiger partial charge in [-0.2, -0.15) is 0 Å². The van der Waals surface area contributed by atoms with Gasteiger partial charge >= 0.3 is 0 Å². The average Bonchev–Trinajstić information content (AvgIpc) is 2.77. The van der Waals surface area contributed by atoms with Crippen LogP contribution in [-0.4, -0.2) is 50.5 Å². The number of sulfonamides is 1. The van der Waals surface area contributed by atoms with Crippen LogP contribution in [0.2, 0.25) is 10.0 Å². The second kappa shape index (κ2) is 12.3. The Labute approximate surface area is 205 Å². The fraction of sp³-hybridized carbons (Fsp3) is 0.391. The van der Waals surface area contributed by atoms with Crippen molar-refractivity contribution in [1.82, 2.24) is 10.2 Å². The summed E-state index contributed by atoms with van der Waals surface area (Å²) in [6.07, 6.45) is 2.12. The Kier molecular flexibility index (Phi) is 10.0. The highest BCUT2D eigenvalue weighted by Crippen LogP contribution is 2.27. The quantitative estimate of drug-likeness (QED) is 0.490. The van der Waals surface area contributed by atoms with Gasteiger partial charge in [0.25, 0.3) is 0 Å². The first-order valence-electron chi connectivity index (χ1n) is 10.6. The summed E-state index contributed by atoms with van der Waals surface area (Å²) >= 11 is 12.2. The molecule has 0 radical (unpaired) electrons. The van der Waals surface area contributed by atoms with Crippen LogP contribution in [0.5, 0.6) is 0 Å². The molecule has 0 fully saturated rings. The molecule has 2 aromatic rings. The van der Waals surface area contributed by atoms with Crippen molar-refractivity contribution in [3.05, 3.63) is 64.1 Å². The predicted molar refractivity (Wildman–Crippen MR) is 133 cm³/mol. The molecule has 10 heteroatoms. The first-order chi connectivity index (χ1) is 15.6. The minimum absolute atomic E-state index is 0.119. The Balaban J connectivity index is 2.42. The zero-order valence-electron chi connectivity index (χ0n) is 18.9. The van der Waals surface area contributed by atoms with Gasteiger partial charge in [-0.15, -0.1) is 0 Å². The summed E-state index contributed by atoms with van der Waals surface area (Å²) < 4.78 is 26.1. The van der Waals surface area contributed by atoms with Crippen molar-refractivity contribution >= 4 is 50.7 Å². The molecular weight excluding hydrogens is 485 g/mol. The number of hydrogen-bond donors (Lipinski definition) is 1. The average molecular weight is 514 g/mol. The number of hydrogen-bond acceptors (Lipinski definition) is 4. The molecule has 0 aliphatic rings. The summed E-state index contributed by atoms with van der Waals surface area (Å²) in [6.45, 7) is 3.85. The molecule has 1 N–H and O–H groups in total. The van der Waals surface area contributed by atoms with E-state index >= 15 is 0 Å². The molecule has 0 aliphatic carbocycles. The smallest absolute Gasteiger partial charge is 0.244 e. The fourth-order valence-electron chi connectivity index (χ4n) is 3.32. The minimum atomic E-state index is -3.83. The second-order valence-corrected chi connectivity index (χ2v) is 10.3. The lowest BCUT2D eigenvalue weighted by Gasteiger charge is -2.33. The van der Waals surface area contributed by atoms with E-state index in [-0.39, 0.29) is 23.2 Å². The molecule has 0 bridgehead atoms. The van der Waals surface area contributed by atoms with Gasteiger partial charge in [-0.05, 0) is 42.7 Å². The van der Waals surface area contributed by atoms with Crippen LogP contribution in [0.1, 0.15) is 32.3 Å². The van der Waals surface area contributed by atoms with E-state index in [2.05, 4.69) is 5.32 Å². The van der Waals surface area contributed by atoms with Crippen molar-refractivity contribution in [2.45, 2.75) is 39.3 Å². The van der Waals surface area contributed by atoms with Crippen LogP contribution < -0.4 is 9.62 Å². The van der Waals surface area contributed by atoms with Gasteiger partial charge in [0, 0.05) is 18.1 Å². The SMILES string of the molecule is CCCNC(=O)[C@@H](CC)N(Cc1ccc(Cl)cc1)C(=O)CN(c1ccccc1Cl)S(C)(=O)=O. The van der Waals surface area contributed by atoms with E-state index in [1.807, 2.05) is 6.92 Å². The summed E-state index contributed by atoms with van der Waals surface area (Å²) in [5.41, 5.74) is 0.961. The standard InChI is InChI=1S/C23H29Cl2N3O4S/c1-4-14-26-23(30)20(5-2)27(15-17-10-12-18(24)13-11-17)22(29)16-28(33(3,31)32)21-9-7-6-8-19(21)25/h6-13,20H,4-5,14-16H2,1-3H3,(H,26,30)/t20-/m1/s1. The number of benzene rings is 2. The lowest BCUT2D eigenvalue weighted by Crippen LogP contribution is -2.52. The highest BCUT2D eigenvalue weighted by Gasteiger charge is 2.32. The molecule has 0 aromatic heterocycles. The van der Waals surface area contributed by atoms with Crippen LogP contribution >= 0.6 is 23.2 Å². The van der Waals surface area contributed by atoms with Gasteiger partial charge in [-0.3, -0.25) is 13.9 Å². The third kappa shape index (κ3) is 7.62. The summed E-state index contributed by atoms with van der Waals surface area (Å²) in [6, 6.07) is 12.6. The minimum Gasteiger partial charge on any atom is -0.354 e. The number of para-hydroxylation sites is 1. The van der Waals surface area contributed by atoms with Crippen LogP contribution in [0.3, 0.4) is 0 Å². The Hall–Kier alpha value is -2.29. The monoisotopic (exact) mass is 513 g/mol. The largest absolute Gasteiger partial charge is 0.354 e. The third-order valence-electron chi connectivity index (χ3n) is 5.00. The zero-order chi connectivity index (χ0) is 24.6. The maximum atomic E-state index is 13.5. The number of amides is 2. The number of halogens is 2. The summed E-state index contributed by atoms with van der Waals surface area (Å²) in [7, 11) is -3.83. The molecule has 33 heavy (non-hydrogen) atoms. The lowest BCUT2D eigenvalue weighted by molar-refractivity contribution is -0.140. The van der Waals surface area contributed by atoms with Gasteiger partial charge in [-0.25, -0.2) is 8.42 Å². The summed E-state index contributed by atoms with van der Waals surface area (Å²) in [4.78, 5) is 27.8. The van der Waals surface area contributed by atoms with E-state index in [1.165, 1.54) is 11.0 Å². The van der Waals surface area contributed by atoms with E-state index in [9.17, 15) is 18.0 Å². The number of carbonyl (C=O) groups excluding carboxylic acids is 2. The predicted octanol–water partition coefficient (Wildman–Crippen LogP) is 4.09. The van der Waals surface area contributed by atoms with E-state index in [1.54, 1.807) is 49.4 Å². The summed E-state index contributed by atoms with van der Waals surface area (Å²) in [5, 5.41) is 3.58. The molecule has 0 saturated heterocycles. The zero-order valence-corrected chi connectivity index (χ0v) is 21.3. The Morgan fingerprint density at radius 1 is 1.03 bits per heavy atom. The summed E-state index contributed by atoms with van der Waals surface area (Å²) in [5.74, 6) is -0.806. The number of nitrogens with zero attached hydrogens (tertiary/aromatic N) is 2. The molecule has 2 rings (SSSR count). The lowest BCUT2D eigenvalue weighted by atomic mass is 10.1. The van der Waals surface area contributed by atoms with Crippen molar-refractivity contribution < 1.29 is 18.0 Å². The van der Waals surface area contributed by atoms with Gasteiger partial charge in [0.1, 0.15) is 12.6 Å². The molecule has 7 nitrogen and oxygen atoms in total. The first-order valence-corrected chi connectivity index (χ1v) is 13.2. The first kappa shape index (κ1) is 27.0. The molecule has 0 spiro atoms. The molecular formula is C23H29Cl2N3O4S. The molecule has 0 heterocycles. The van der Waals surface area contributed by atoms with Crippen LogP contribution in [0.4, 0.5) is 5.69 Å². The van der Waals surface area contributed by atoms with E-state index in [0.717, 1.165) is 22.5 Å². The van der Waals surface area contributed by atoms with Crippen molar-refractivity contribution in [3.8, 4) is 0 Å². The normalized spacial score (nSPS) is 12.2. The number of nitrogens with one attached hydrogen (secondary N) is 1. The molecule has 1 atom stereocenters. The topological polar surface area (TPSA) is 86.8 Å². The highest BCUT2D eigenvalue weighted by atomic mass is 35.5. The fourth-order valence-corrected chi connectivity index (χ4v) is 4.60. The van der Waals surface area contributed by atoms with Gasteiger partial charge in [0.05, 0.1) is 17.0 Å². The van der Waals surface area contributed by atoms with Crippen LogP contribution in [0.25, 0.3) is 0 Å². The maximum absolute atomic E-state index is 13.5. The molecule has 0 aliphatic heterocycles. The van der Waals surface area contributed by atoms with E-state index in [4.69, 9.17) is 23.2 Å².